The van der Waals surface area contributed by atoms with Crippen LogP contribution in [0.15, 0.2) is 54.9 Å². The summed E-state index contributed by atoms with van der Waals surface area (Å²) in [5.41, 5.74) is 2.16. The fourth-order valence-electron chi connectivity index (χ4n) is 2.59. The summed E-state index contributed by atoms with van der Waals surface area (Å²) in [5, 5.41) is 3.87. The number of hydrogen-bond donors (Lipinski definition) is 1. The highest BCUT2D eigenvalue weighted by Crippen LogP contribution is 2.26. The van der Waals surface area contributed by atoms with E-state index in [0.29, 0.717) is 27.2 Å². The summed E-state index contributed by atoms with van der Waals surface area (Å²) < 4.78 is 0. The molecule has 0 unspecified atom stereocenters. The van der Waals surface area contributed by atoms with Gasteiger partial charge in [0.25, 0.3) is 0 Å². The van der Waals surface area contributed by atoms with Gasteiger partial charge in [-0.15, -0.1) is 0 Å². The first-order chi connectivity index (χ1) is 12.9. The van der Waals surface area contributed by atoms with E-state index in [-0.39, 0.29) is 12.2 Å². The van der Waals surface area contributed by atoms with Crippen molar-refractivity contribution in [2.75, 3.05) is 24.3 Å². The second-order valence-corrected chi connectivity index (χ2v) is 6.98. The minimum absolute atomic E-state index is 0.143. The SMILES string of the molecule is CN(C)c1ccnc(Nc2cc(CC(=O)c3c(Cl)cccc3Cl)ccn2)c1. The quantitative estimate of drug-likeness (QED) is 0.588. The first-order valence-corrected chi connectivity index (χ1v) is 9.02. The number of anilines is 3. The van der Waals surface area contributed by atoms with E-state index in [2.05, 4.69) is 15.3 Å². The molecule has 2 aromatic heterocycles. The van der Waals surface area contributed by atoms with E-state index in [1.165, 1.54) is 0 Å². The van der Waals surface area contributed by atoms with Crippen molar-refractivity contribution in [2.24, 2.45) is 0 Å². The third-order valence-electron chi connectivity index (χ3n) is 3.95. The third-order valence-corrected chi connectivity index (χ3v) is 4.58. The van der Waals surface area contributed by atoms with Crippen molar-refractivity contribution in [1.82, 2.24) is 9.97 Å². The normalized spacial score (nSPS) is 10.5. The summed E-state index contributed by atoms with van der Waals surface area (Å²) in [6.07, 6.45) is 3.55. The lowest BCUT2D eigenvalue weighted by Gasteiger charge is -2.13. The van der Waals surface area contributed by atoms with Gasteiger partial charge in [-0.2, -0.15) is 0 Å². The van der Waals surface area contributed by atoms with Crippen LogP contribution < -0.4 is 10.2 Å². The van der Waals surface area contributed by atoms with E-state index in [1.807, 2.05) is 37.2 Å². The Morgan fingerprint density at radius 2 is 1.63 bits per heavy atom. The molecule has 0 aliphatic rings. The van der Waals surface area contributed by atoms with Crippen LogP contribution in [0.4, 0.5) is 17.3 Å². The Hall–Kier alpha value is -2.63. The Morgan fingerprint density at radius 1 is 1.00 bits per heavy atom. The number of benzene rings is 1. The van der Waals surface area contributed by atoms with Crippen LogP contribution in [0.2, 0.25) is 10.0 Å². The van der Waals surface area contributed by atoms with Crippen LogP contribution in [0.1, 0.15) is 15.9 Å². The van der Waals surface area contributed by atoms with Gasteiger partial charge in [0, 0.05) is 44.7 Å². The molecule has 0 amide bonds. The van der Waals surface area contributed by atoms with E-state index in [9.17, 15) is 4.79 Å². The van der Waals surface area contributed by atoms with Crippen molar-refractivity contribution in [3.05, 3.63) is 76.0 Å². The molecule has 0 atom stereocenters. The second-order valence-electron chi connectivity index (χ2n) is 6.16. The zero-order chi connectivity index (χ0) is 19.4. The predicted molar refractivity (Wildman–Crippen MR) is 111 cm³/mol. The molecule has 1 aromatic carbocycles. The van der Waals surface area contributed by atoms with Crippen LogP contribution in [-0.4, -0.2) is 29.8 Å². The third kappa shape index (κ3) is 4.76. The average molecular weight is 401 g/mol. The van der Waals surface area contributed by atoms with Crippen LogP contribution in [-0.2, 0) is 6.42 Å². The van der Waals surface area contributed by atoms with E-state index in [1.54, 1.807) is 36.7 Å². The number of Topliss-reactive ketones (excluding diaryl/α,β-unsaturated/α-hetero) is 1. The lowest BCUT2D eigenvalue weighted by Crippen LogP contribution is -2.09. The average Bonchev–Trinajstić information content (AvgIpc) is 2.62. The molecule has 27 heavy (non-hydrogen) atoms. The summed E-state index contributed by atoms with van der Waals surface area (Å²) in [5.74, 6) is 1.13. The van der Waals surface area contributed by atoms with Crippen molar-refractivity contribution in [3.63, 3.8) is 0 Å². The lowest BCUT2D eigenvalue weighted by atomic mass is 10.0. The highest BCUT2D eigenvalue weighted by Gasteiger charge is 2.15. The maximum absolute atomic E-state index is 12.6. The van der Waals surface area contributed by atoms with Gasteiger partial charge in [-0.25, -0.2) is 9.97 Å². The maximum atomic E-state index is 12.6. The summed E-state index contributed by atoms with van der Waals surface area (Å²) in [4.78, 5) is 23.2. The van der Waals surface area contributed by atoms with Gasteiger partial charge in [-0.05, 0) is 35.9 Å². The molecule has 2 heterocycles. The van der Waals surface area contributed by atoms with E-state index < -0.39 is 0 Å². The Kier molecular flexibility index (Phi) is 5.94. The molecule has 5 nitrogen and oxygen atoms in total. The number of hydrogen-bond acceptors (Lipinski definition) is 5. The number of nitrogens with zero attached hydrogens (tertiary/aromatic N) is 3. The first-order valence-electron chi connectivity index (χ1n) is 8.26. The van der Waals surface area contributed by atoms with Crippen molar-refractivity contribution in [1.29, 1.82) is 0 Å². The van der Waals surface area contributed by atoms with E-state index in [0.717, 1.165) is 11.3 Å². The number of halogens is 2. The molecule has 0 spiro atoms. The summed E-state index contributed by atoms with van der Waals surface area (Å²) >= 11 is 12.3. The molecule has 0 aliphatic carbocycles. The number of carbonyl (C=O) groups excluding carboxylic acids is 1. The maximum Gasteiger partial charge on any atom is 0.170 e. The largest absolute Gasteiger partial charge is 0.378 e. The molecule has 0 saturated heterocycles. The minimum Gasteiger partial charge on any atom is -0.378 e. The number of ketones is 1. The molecule has 138 valence electrons. The van der Waals surface area contributed by atoms with Gasteiger partial charge in [0.15, 0.2) is 5.78 Å². The summed E-state index contributed by atoms with van der Waals surface area (Å²) in [6.45, 7) is 0. The van der Waals surface area contributed by atoms with Gasteiger partial charge in [-0.3, -0.25) is 4.79 Å². The zero-order valence-electron chi connectivity index (χ0n) is 14.9. The molecule has 7 heteroatoms. The number of pyridine rings is 2. The Morgan fingerprint density at radius 3 is 2.30 bits per heavy atom. The van der Waals surface area contributed by atoms with Crippen LogP contribution in [0.3, 0.4) is 0 Å². The number of rotatable bonds is 6. The van der Waals surface area contributed by atoms with Crippen molar-refractivity contribution in [2.45, 2.75) is 6.42 Å². The molecular weight excluding hydrogens is 383 g/mol. The molecule has 0 saturated carbocycles. The first kappa shape index (κ1) is 19.1. The van der Waals surface area contributed by atoms with E-state index in [4.69, 9.17) is 23.2 Å². The molecule has 1 N–H and O–H groups in total. The van der Waals surface area contributed by atoms with Gasteiger partial charge < -0.3 is 10.2 Å². The van der Waals surface area contributed by atoms with Gasteiger partial charge in [0.05, 0.1) is 15.6 Å². The summed E-state index contributed by atoms with van der Waals surface area (Å²) in [7, 11) is 3.92. The fraction of sp³-hybridized carbons (Fsp3) is 0.150. The monoisotopic (exact) mass is 400 g/mol. The van der Waals surface area contributed by atoms with Crippen LogP contribution in [0.5, 0.6) is 0 Å². The Balaban J connectivity index is 1.78. The van der Waals surface area contributed by atoms with Gasteiger partial charge in [0.1, 0.15) is 11.6 Å². The van der Waals surface area contributed by atoms with Crippen molar-refractivity contribution < 1.29 is 4.79 Å². The molecule has 3 aromatic rings. The van der Waals surface area contributed by atoms with Crippen molar-refractivity contribution in [3.8, 4) is 0 Å². The van der Waals surface area contributed by atoms with Gasteiger partial charge >= 0.3 is 0 Å². The standard InChI is InChI=1S/C20H18Cl2N4O/c1-26(2)14-7-9-24-19(12-14)25-18-11-13(6-8-23-18)10-17(27)20-15(21)4-3-5-16(20)22/h3-9,11-12H,10H2,1-2H3,(H,23,24,25). The number of aromatic nitrogens is 2. The summed E-state index contributed by atoms with van der Waals surface area (Å²) in [6, 6.07) is 12.5. The number of carbonyl (C=O) groups is 1. The second kappa shape index (κ2) is 8.37. The molecule has 0 bridgehead atoms. The Bertz CT molecular complexity index is 955. The predicted octanol–water partition coefficient (Wildman–Crippen LogP) is 5.02. The van der Waals surface area contributed by atoms with Crippen molar-refractivity contribution >= 4 is 46.3 Å². The van der Waals surface area contributed by atoms with Crippen LogP contribution in [0.25, 0.3) is 0 Å². The van der Waals surface area contributed by atoms with E-state index >= 15 is 0 Å². The highest BCUT2D eigenvalue weighted by atomic mass is 35.5. The molecular formula is C20H18Cl2N4O. The van der Waals surface area contributed by atoms with Gasteiger partial charge in [0.2, 0.25) is 0 Å². The highest BCUT2D eigenvalue weighted by molar-refractivity contribution is 6.39. The molecule has 0 fully saturated rings. The lowest BCUT2D eigenvalue weighted by molar-refractivity contribution is 0.0993. The molecule has 0 radical (unpaired) electrons. The minimum atomic E-state index is -0.143. The van der Waals surface area contributed by atoms with Crippen LogP contribution >= 0.6 is 23.2 Å². The zero-order valence-corrected chi connectivity index (χ0v) is 16.4. The fourth-order valence-corrected chi connectivity index (χ4v) is 3.20. The topological polar surface area (TPSA) is 58.1 Å². The van der Waals surface area contributed by atoms with Crippen LogP contribution in [0, 0.1) is 0 Å². The van der Waals surface area contributed by atoms with Gasteiger partial charge in [-0.1, -0.05) is 29.3 Å². The number of nitrogens with one attached hydrogen (secondary N) is 1. The Labute approximate surface area is 168 Å². The molecule has 3 rings (SSSR count). The molecule has 0 aliphatic heterocycles. The smallest absolute Gasteiger partial charge is 0.170 e.